The molecular weight excluding hydrogens is 146 g/mol. The van der Waals surface area contributed by atoms with Crippen LogP contribution in [0.25, 0.3) is 0 Å². The Morgan fingerprint density at radius 3 is 2.25 bits per heavy atom. The Labute approximate surface area is 74.0 Å². The summed E-state index contributed by atoms with van der Waals surface area (Å²) in [7, 11) is 0. The Balaban J connectivity index is 2.11. The summed E-state index contributed by atoms with van der Waals surface area (Å²) < 4.78 is 0. The summed E-state index contributed by atoms with van der Waals surface area (Å²) in [5.74, 6) is 0. The van der Waals surface area contributed by atoms with Crippen LogP contribution in [-0.4, -0.2) is 11.4 Å². The normalized spacial score (nSPS) is 16.4. The van der Waals surface area contributed by atoms with Crippen molar-refractivity contribution in [3.8, 4) is 0 Å². The minimum Gasteiger partial charge on any atom is -0.295 e. The van der Waals surface area contributed by atoms with E-state index in [0.717, 1.165) is 13.1 Å². The van der Waals surface area contributed by atoms with Crippen molar-refractivity contribution in [1.29, 1.82) is 0 Å². The topological polar surface area (TPSA) is 3.24 Å². The number of fused-ring (bicyclic) bond motifs is 1. The average molecular weight is 161 g/mol. The van der Waals surface area contributed by atoms with Crippen molar-refractivity contribution >= 4 is 0 Å². The van der Waals surface area contributed by atoms with Gasteiger partial charge in [-0.3, -0.25) is 4.90 Å². The zero-order valence-electron chi connectivity index (χ0n) is 7.59. The fourth-order valence-corrected chi connectivity index (χ4v) is 1.88. The highest BCUT2D eigenvalue weighted by atomic mass is 15.1. The Morgan fingerprint density at radius 1 is 1.17 bits per heavy atom. The Hall–Kier alpha value is -0.820. The maximum Gasteiger partial charge on any atom is 0.0240 e. The first-order valence-electron chi connectivity index (χ1n) is 4.69. The maximum absolute atomic E-state index is 2.50. The van der Waals surface area contributed by atoms with Gasteiger partial charge in [0.15, 0.2) is 0 Å². The summed E-state index contributed by atoms with van der Waals surface area (Å²) in [4.78, 5) is 2.50. The molecule has 0 saturated carbocycles. The molecule has 0 fully saturated rings. The molecule has 64 valence electrons. The molecule has 0 aromatic heterocycles. The number of benzene rings is 1. The zero-order valence-corrected chi connectivity index (χ0v) is 7.59. The molecule has 1 heteroatoms. The van der Waals surface area contributed by atoms with Crippen LogP contribution in [0, 0.1) is 0 Å². The van der Waals surface area contributed by atoms with Gasteiger partial charge in [0, 0.05) is 13.1 Å². The third-order valence-electron chi connectivity index (χ3n) is 2.45. The van der Waals surface area contributed by atoms with E-state index in [-0.39, 0.29) is 0 Å². The van der Waals surface area contributed by atoms with Crippen LogP contribution >= 0.6 is 0 Å². The van der Waals surface area contributed by atoms with E-state index in [1.54, 1.807) is 0 Å². The summed E-state index contributed by atoms with van der Waals surface area (Å²) in [5, 5.41) is 0. The standard InChI is InChI=1S/C11H15N/c1-2-7-12-8-10-5-3-4-6-11(10)9-12/h3-6H,2,7-9H2,1H3. The van der Waals surface area contributed by atoms with Crippen LogP contribution in [0.15, 0.2) is 24.3 Å². The maximum atomic E-state index is 2.50. The van der Waals surface area contributed by atoms with Gasteiger partial charge in [-0.2, -0.15) is 0 Å². The molecule has 0 aliphatic carbocycles. The van der Waals surface area contributed by atoms with E-state index < -0.39 is 0 Å². The fraction of sp³-hybridized carbons (Fsp3) is 0.455. The third kappa shape index (κ3) is 1.37. The minimum absolute atomic E-state index is 1.16. The van der Waals surface area contributed by atoms with Crippen molar-refractivity contribution < 1.29 is 0 Å². The van der Waals surface area contributed by atoms with Crippen LogP contribution < -0.4 is 0 Å². The summed E-state index contributed by atoms with van der Waals surface area (Å²) >= 11 is 0. The van der Waals surface area contributed by atoms with Crippen LogP contribution in [0.2, 0.25) is 0 Å². The van der Waals surface area contributed by atoms with Gasteiger partial charge < -0.3 is 0 Å². The molecule has 0 spiro atoms. The molecule has 0 bridgehead atoms. The van der Waals surface area contributed by atoms with Gasteiger partial charge in [0.25, 0.3) is 0 Å². The second-order valence-corrected chi connectivity index (χ2v) is 3.48. The number of nitrogens with zero attached hydrogens (tertiary/aromatic N) is 1. The molecule has 0 N–H and O–H groups in total. The predicted molar refractivity (Wildman–Crippen MR) is 50.8 cm³/mol. The summed E-state index contributed by atoms with van der Waals surface area (Å²) in [6.45, 7) is 5.78. The molecule has 1 aromatic carbocycles. The van der Waals surface area contributed by atoms with Crippen LogP contribution in [0.3, 0.4) is 0 Å². The molecule has 0 atom stereocenters. The highest BCUT2D eigenvalue weighted by Gasteiger charge is 2.16. The zero-order chi connectivity index (χ0) is 8.39. The SMILES string of the molecule is CCCN1Cc2ccccc2C1. The Morgan fingerprint density at radius 2 is 1.75 bits per heavy atom. The van der Waals surface area contributed by atoms with Gasteiger partial charge in [0.1, 0.15) is 0 Å². The molecule has 12 heavy (non-hydrogen) atoms. The number of hydrogen-bond donors (Lipinski definition) is 0. The van der Waals surface area contributed by atoms with Crippen molar-refractivity contribution in [3.63, 3.8) is 0 Å². The van der Waals surface area contributed by atoms with Crippen LogP contribution in [0.5, 0.6) is 0 Å². The third-order valence-corrected chi connectivity index (χ3v) is 2.45. The van der Waals surface area contributed by atoms with Crippen molar-refractivity contribution in [1.82, 2.24) is 4.90 Å². The van der Waals surface area contributed by atoms with Gasteiger partial charge in [-0.05, 0) is 24.1 Å². The molecule has 0 saturated heterocycles. The van der Waals surface area contributed by atoms with Gasteiger partial charge in [-0.15, -0.1) is 0 Å². The smallest absolute Gasteiger partial charge is 0.0240 e. The highest BCUT2D eigenvalue weighted by molar-refractivity contribution is 5.30. The second-order valence-electron chi connectivity index (χ2n) is 3.48. The molecule has 1 aliphatic heterocycles. The lowest BCUT2D eigenvalue weighted by Gasteiger charge is -2.11. The quantitative estimate of drug-likeness (QED) is 0.644. The lowest BCUT2D eigenvalue weighted by Crippen LogP contribution is -2.16. The molecular formula is C11H15N. The van der Waals surface area contributed by atoms with Crippen molar-refractivity contribution in [2.24, 2.45) is 0 Å². The number of hydrogen-bond acceptors (Lipinski definition) is 1. The first-order valence-corrected chi connectivity index (χ1v) is 4.69. The predicted octanol–water partition coefficient (Wildman–Crippen LogP) is 2.41. The average Bonchev–Trinajstić information content (AvgIpc) is 2.47. The van der Waals surface area contributed by atoms with E-state index in [2.05, 4.69) is 36.1 Å². The van der Waals surface area contributed by atoms with Crippen molar-refractivity contribution in [2.45, 2.75) is 26.4 Å². The van der Waals surface area contributed by atoms with Crippen LogP contribution in [0.1, 0.15) is 24.5 Å². The van der Waals surface area contributed by atoms with Crippen LogP contribution in [-0.2, 0) is 13.1 Å². The molecule has 2 rings (SSSR count). The van der Waals surface area contributed by atoms with Gasteiger partial charge in [0.05, 0.1) is 0 Å². The van der Waals surface area contributed by atoms with E-state index in [4.69, 9.17) is 0 Å². The fourth-order valence-electron chi connectivity index (χ4n) is 1.88. The van der Waals surface area contributed by atoms with E-state index in [9.17, 15) is 0 Å². The van der Waals surface area contributed by atoms with Crippen molar-refractivity contribution in [3.05, 3.63) is 35.4 Å². The lowest BCUT2D eigenvalue weighted by molar-refractivity contribution is 0.285. The number of rotatable bonds is 2. The van der Waals surface area contributed by atoms with Gasteiger partial charge in [-0.25, -0.2) is 0 Å². The largest absolute Gasteiger partial charge is 0.295 e. The van der Waals surface area contributed by atoms with E-state index in [1.807, 2.05) is 0 Å². The summed E-state index contributed by atoms with van der Waals surface area (Å²) in [6.07, 6.45) is 1.26. The van der Waals surface area contributed by atoms with E-state index in [1.165, 1.54) is 24.1 Å². The monoisotopic (exact) mass is 161 g/mol. The minimum atomic E-state index is 1.16. The first-order chi connectivity index (χ1) is 5.90. The van der Waals surface area contributed by atoms with E-state index >= 15 is 0 Å². The Kier molecular flexibility index (Phi) is 2.13. The Bertz CT molecular complexity index is 242. The van der Waals surface area contributed by atoms with E-state index in [0.29, 0.717) is 0 Å². The van der Waals surface area contributed by atoms with Gasteiger partial charge in [0.2, 0.25) is 0 Å². The molecule has 1 nitrogen and oxygen atoms in total. The van der Waals surface area contributed by atoms with Crippen molar-refractivity contribution in [2.75, 3.05) is 6.54 Å². The van der Waals surface area contributed by atoms with Gasteiger partial charge >= 0.3 is 0 Å². The molecule has 0 radical (unpaired) electrons. The molecule has 1 heterocycles. The van der Waals surface area contributed by atoms with Crippen LogP contribution in [0.4, 0.5) is 0 Å². The lowest BCUT2D eigenvalue weighted by atomic mass is 10.1. The van der Waals surface area contributed by atoms with Gasteiger partial charge in [-0.1, -0.05) is 31.2 Å². The molecule has 0 amide bonds. The molecule has 0 unspecified atom stereocenters. The summed E-state index contributed by atoms with van der Waals surface area (Å²) in [6, 6.07) is 8.75. The second kappa shape index (κ2) is 3.28. The highest BCUT2D eigenvalue weighted by Crippen LogP contribution is 2.21. The first kappa shape index (κ1) is 7.81. The summed E-state index contributed by atoms with van der Waals surface area (Å²) in [5.41, 5.74) is 3.04. The molecule has 1 aliphatic rings. The molecule has 1 aromatic rings.